The molecule has 2 aliphatic rings. The fourth-order valence-electron chi connectivity index (χ4n) is 4.37. The van der Waals surface area contributed by atoms with Crippen molar-refractivity contribution >= 4 is 12.1 Å². The van der Waals surface area contributed by atoms with Crippen molar-refractivity contribution in [3.63, 3.8) is 0 Å². The molecule has 1 aromatic carbocycles. The summed E-state index contributed by atoms with van der Waals surface area (Å²) >= 11 is 0. The minimum atomic E-state index is -1.09. The molecule has 1 atom stereocenters. The number of carbonyl (C=O) groups is 2. The SMILES string of the molecule is C1CCC(NC2CCCCC2)CC1.CC(C)(C)OC(=O)N[C@@H](Cc1ccccc1)C(=O)O. The van der Waals surface area contributed by atoms with Gasteiger partial charge in [-0.1, -0.05) is 68.9 Å². The van der Waals surface area contributed by atoms with Crippen LogP contribution in [0.3, 0.4) is 0 Å². The second kappa shape index (κ2) is 13.5. The van der Waals surface area contributed by atoms with E-state index in [0.717, 1.165) is 17.6 Å². The van der Waals surface area contributed by atoms with Crippen molar-refractivity contribution < 1.29 is 19.4 Å². The number of benzene rings is 1. The van der Waals surface area contributed by atoms with Gasteiger partial charge >= 0.3 is 12.1 Å². The summed E-state index contributed by atoms with van der Waals surface area (Å²) in [5.41, 5.74) is 0.186. The van der Waals surface area contributed by atoms with Gasteiger partial charge in [0.2, 0.25) is 0 Å². The van der Waals surface area contributed by atoms with Crippen LogP contribution in [0.25, 0.3) is 0 Å². The zero-order valence-electron chi connectivity index (χ0n) is 20.1. The summed E-state index contributed by atoms with van der Waals surface area (Å²) in [6.07, 6.45) is 14.1. The molecule has 2 aliphatic carbocycles. The maximum absolute atomic E-state index is 11.6. The monoisotopic (exact) mass is 446 g/mol. The number of rotatable bonds is 6. The minimum absolute atomic E-state index is 0.218. The van der Waals surface area contributed by atoms with Gasteiger partial charge in [-0.25, -0.2) is 9.59 Å². The number of hydrogen-bond acceptors (Lipinski definition) is 4. The molecule has 3 N–H and O–H groups in total. The Balaban J connectivity index is 0.000000242. The van der Waals surface area contributed by atoms with Crippen molar-refractivity contribution in [1.82, 2.24) is 10.6 Å². The van der Waals surface area contributed by atoms with E-state index < -0.39 is 23.7 Å². The van der Waals surface area contributed by atoms with Crippen LogP contribution in [0.5, 0.6) is 0 Å². The van der Waals surface area contributed by atoms with Gasteiger partial charge in [0.05, 0.1) is 0 Å². The van der Waals surface area contributed by atoms with Gasteiger partial charge in [-0.15, -0.1) is 0 Å². The molecule has 3 rings (SSSR count). The highest BCUT2D eigenvalue weighted by Crippen LogP contribution is 2.22. The summed E-state index contributed by atoms with van der Waals surface area (Å²) in [4.78, 5) is 22.7. The molecule has 0 radical (unpaired) electrons. The number of alkyl carbamates (subject to hydrolysis) is 1. The van der Waals surface area contributed by atoms with E-state index in [0.29, 0.717) is 0 Å². The average molecular weight is 447 g/mol. The number of ether oxygens (including phenoxy) is 1. The van der Waals surface area contributed by atoms with Crippen molar-refractivity contribution in [2.75, 3.05) is 0 Å². The molecule has 1 aromatic rings. The molecule has 2 saturated carbocycles. The van der Waals surface area contributed by atoms with Crippen molar-refractivity contribution in [3.05, 3.63) is 35.9 Å². The van der Waals surface area contributed by atoms with Crippen molar-refractivity contribution in [2.24, 2.45) is 0 Å². The van der Waals surface area contributed by atoms with E-state index in [4.69, 9.17) is 9.84 Å². The number of amides is 1. The lowest BCUT2D eigenvalue weighted by molar-refractivity contribution is -0.139. The van der Waals surface area contributed by atoms with Gasteiger partial charge in [-0.2, -0.15) is 0 Å². The lowest BCUT2D eigenvalue weighted by atomic mass is 9.91. The molecule has 0 bridgehead atoms. The van der Waals surface area contributed by atoms with E-state index in [1.807, 2.05) is 30.3 Å². The highest BCUT2D eigenvalue weighted by atomic mass is 16.6. The van der Waals surface area contributed by atoms with Gasteiger partial charge < -0.3 is 20.5 Å². The number of nitrogens with one attached hydrogen (secondary N) is 2. The van der Waals surface area contributed by atoms with Crippen LogP contribution in [0.2, 0.25) is 0 Å². The van der Waals surface area contributed by atoms with Gasteiger partial charge in [-0.05, 0) is 52.0 Å². The van der Waals surface area contributed by atoms with Crippen LogP contribution in [0.4, 0.5) is 4.79 Å². The molecule has 6 nitrogen and oxygen atoms in total. The Morgan fingerprint density at radius 1 is 0.938 bits per heavy atom. The van der Waals surface area contributed by atoms with Gasteiger partial charge in [0.15, 0.2) is 0 Å². The Morgan fingerprint density at radius 2 is 1.44 bits per heavy atom. The first-order valence-corrected chi connectivity index (χ1v) is 12.3. The maximum Gasteiger partial charge on any atom is 0.408 e. The van der Waals surface area contributed by atoms with E-state index in [1.54, 1.807) is 20.8 Å². The molecule has 32 heavy (non-hydrogen) atoms. The van der Waals surface area contributed by atoms with Crippen molar-refractivity contribution in [1.29, 1.82) is 0 Å². The van der Waals surface area contributed by atoms with Crippen molar-refractivity contribution in [2.45, 2.75) is 115 Å². The Bertz CT molecular complexity index is 659. The fraction of sp³-hybridized carbons (Fsp3) is 0.692. The van der Waals surface area contributed by atoms with Crippen LogP contribution >= 0.6 is 0 Å². The molecule has 0 heterocycles. The molecule has 6 heteroatoms. The number of carbonyl (C=O) groups excluding carboxylic acids is 1. The first-order valence-electron chi connectivity index (χ1n) is 12.3. The van der Waals surface area contributed by atoms with Gasteiger partial charge in [0.1, 0.15) is 11.6 Å². The van der Waals surface area contributed by atoms with E-state index in [1.165, 1.54) is 64.2 Å². The maximum atomic E-state index is 11.6. The largest absolute Gasteiger partial charge is 0.480 e. The number of carboxylic acid groups (broad SMARTS) is 1. The Kier molecular flexibility index (Phi) is 11.0. The molecule has 0 saturated heterocycles. The minimum Gasteiger partial charge on any atom is -0.480 e. The van der Waals surface area contributed by atoms with Crippen LogP contribution < -0.4 is 10.6 Å². The smallest absolute Gasteiger partial charge is 0.408 e. The highest BCUT2D eigenvalue weighted by Gasteiger charge is 2.24. The molecule has 0 aliphatic heterocycles. The number of aliphatic carboxylic acids is 1. The summed E-state index contributed by atoms with van der Waals surface area (Å²) < 4.78 is 5.04. The van der Waals surface area contributed by atoms with Gasteiger partial charge in [0, 0.05) is 18.5 Å². The Morgan fingerprint density at radius 3 is 1.88 bits per heavy atom. The number of carboxylic acids is 1. The summed E-state index contributed by atoms with van der Waals surface area (Å²) in [7, 11) is 0. The second-order valence-electron chi connectivity index (χ2n) is 10.1. The molecule has 180 valence electrons. The van der Waals surface area contributed by atoms with Gasteiger partial charge in [-0.3, -0.25) is 0 Å². The van der Waals surface area contributed by atoms with Crippen LogP contribution in [-0.2, 0) is 16.0 Å². The first kappa shape index (κ1) is 26.2. The van der Waals surface area contributed by atoms with Crippen LogP contribution in [0.1, 0.15) is 90.5 Å². The normalized spacial score (nSPS) is 18.7. The van der Waals surface area contributed by atoms with E-state index >= 15 is 0 Å². The van der Waals surface area contributed by atoms with Gasteiger partial charge in [0.25, 0.3) is 0 Å². The zero-order chi connectivity index (χ0) is 23.4. The Hall–Kier alpha value is -2.08. The Labute approximate surface area is 193 Å². The number of hydrogen-bond donors (Lipinski definition) is 3. The molecule has 0 spiro atoms. The second-order valence-corrected chi connectivity index (χ2v) is 10.1. The third-order valence-corrected chi connectivity index (χ3v) is 5.95. The molecule has 1 amide bonds. The first-order chi connectivity index (χ1) is 15.2. The molecule has 2 fully saturated rings. The average Bonchev–Trinajstić information content (AvgIpc) is 2.75. The predicted molar refractivity (Wildman–Crippen MR) is 128 cm³/mol. The fourth-order valence-corrected chi connectivity index (χ4v) is 4.37. The van der Waals surface area contributed by atoms with E-state index in [-0.39, 0.29) is 6.42 Å². The van der Waals surface area contributed by atoms with Crippen LogP contribution in [0.15, 0.2) is 30.3 Å². The molecule has 0 unspecified atom stereocenters. The van der Waals surface area contributed by atoms with Crippen LogP contribution in [0, 0.1) is 0 Å². The topological polar surface area (TPSA) is 87.7 Å². The summed E-state index contributed by atoms with van der Waals surface area (Å²) in [5.74, 6) is -1.09. The van der Waals surface area contributed by atoms with E-state index in [2.05, 4.69) is 10.6 Å². The third-order valence-electron chi connectivity index (χ3n) is 5.95. The van der Waals surface area contributed by atoms with E-state index in [9.17, 15) is 9.59 Å². The quantitative estimate of drug-likeness (QED) is 0.541. The lowest BCUT2D eigenvalue weighted by Crippen LogP contribution is -2.44. The molecule has 0 aromatic heterocycles. The lowest BCUT2D eigenvalue weighted by Gasteiger charge is -2.30. The predicted octanol–water partition coefficient (Wildman–Crippen LogP) is 5.45. The standard InChI is InChI=1S/C14H19NO4.C12H23N/c1-14(2,3)19-13(18)15-11(12(16)17)9-10-7-5-4-6-8-10;1-3-7-11(8-4-1)13-12-9-5-2-6-10-12/h4-8,11H,9H2,1-3H3,(H,15,18)(H,16,17);11-13H,1-10H2/t11-;/m0./s1. The third kappa shape index (κ3) is 11.0. The summed E-state index contributed by atoms with van der Waals surface area (Å²) in [5, 5.41) is 15.3. The summed E-state index contributed by atoms with van der Waals surface area (Å²) in [6.45, 7) is 5.17. The summed E-state index contributed by atoms with van der Waals surface area (Å²) in [6, 6.07) is 9.86. The van der Waals surface area contributed by atoms with Crippen molar-refractivity contribution in [3.8, 4) is 0 Å². The zero-order valence-corrected chi connectivity index (χ0v) is 20.1. The highest BCUT2D eigenvalue weighted by molar-refractivity contribution is 5.80. The molecular formula is C26H42N2O4. The molecular weight excluding hydrogens is 404 g/mol. The van der Waals surface area contributed by atoms with Crippen LogP contribution in [-0.4, -0.2) is 40.9 Å².